The number of primary sulfonamides is 1. The Balaban J connectivity index is 2.38. The molecular formula is C18H26ClN3O6S. The Morgan fingerprint density at radius 1 is 1.28 bits per heavy atom. The molecule has 1 fully saturated rings. The molecule has 2 rings (SSSR count). The van der Waals surface area contributed by atoms with Crippen LogP contribution in [0.1, 0.15) is 44.0 Å². The first-order valence-corrected chi connectivity index (χ1v) is 10.9. The van der Waals surface area contributed by atoms with Crippen LogP contribution < -0.4 is 15.8 Å². The molecule has 1 aliphatic rings. The number of halogens is 1. The molecule has 0 bridgehead atoms. The van der Waals surface area contributed by atoms with Crippen LogP contribution in [0.3, 0.4) is 0 Å². The van der Waals surface area contributed by atoms with Crippen LogP contribution >= 0.6 is 11.6 Å². The highest BCUT2D eigenvalue weighted by atomic mass is 35.5. The number of ether oxygens (including phenoxy) is 2. The number of hydrogen-bond donors (Lipinski definition) is 2. The third-order valence-electron chi connectivity index (χ3n) is 4.43. The van der Waals surface area contributed by atoms with Crippen molar-refractivity contribution in [1.29, 1.82) is 0 Å². The second-order valence-electron chi connectivity index (χ2n) is 7.86. The van der Waals surface area contributed by atoms with Gasteiger partial charge in [0.2, 0.25) is 10.0 Å². The molecule has 0 amide bonds. The minimum Gasteiger partial charge on any atom is -0.465 e. The van der Waals surface area contributed by atoms with E-state index in [0.29, 0.717) is 6.42 Å². The lowest BCUT2D eigenvalue weighted by Gasteiger charge is -2.39. The van der Waals surface area contributed by atoms with Crippen LogP contribution in [0.4, 0.5) is 5.69 Å². The molecule has 1 aromatic rings. The monoisotopic (exact) mass is 447 g/mol. The Labute approximate surface area is 175 Å². The molecule has 1 heterocycles. The van der Waals surface area contributed by atoms with E-state index in [9.17, 15) is 18.0 Å². The molecule has 0 radical (unpaired) electrons. The first kappa shape index (κ1) is 23.4. The predicted molar refractivity (Wildman–Crippen MR) is 108 cm³/mol. The summed E-state index contributed by atoms with van der Waals surface area (Å²) in [6, 6.07) is 2.40. The number of methoxy groups -OCH3 is 1. The molecule has 0 aliphatic carbocycles. The second kappa shape index (κ2) is 8.47. The molecule has 0 saturated carbocycles. The van der Waals surface area contributed by atoms with E-state index in [-0.39, 0.29) is 40.1 Å². The van der Waals surface area contributed by atoms with Crippen molar-refractivity contribution in [1.82, 2.24) is 0 Å². The third-order valence-corrected chi connectivity index (χ3v) is 5.64. The van der Waals surface area contributed by atoms with E-state index < -0.39 is 33.7 Å². The Kier molecular flexibility index (Phi) is 6.83. The van der Waals surface area contributed by atoms with Gasteiger partial charge in [-0.25, -0.2) is 18.4 Å². The lowest BCUT2D eigenvalue weighted by Crippen LogP contribution is -2.50. The minimum atomic E-state index is -4.23. The summed E-state index contributed by atoms with van der Waals surface area (Å²) < 4.78 is 34.4. The summed E-state index contributed by atoms with van der Waals surface area (Å²) >= 11 is 6.31. The maximum atomic E-state index is 12.4. The molecule has 29 heavy (non-hydrogen) atoms. The number of piperidine rings is 1. The molecule has 2 atom stereocenters. The van der Waals surface area contributed by atoms with Gasteiger partial charge >= 0.3 is 11.9 Å². The number of benzene rings is 1. The number of carbonyl (C=O) groups excluding carboxylic acids is 2. The zero-order valence-electron chi connectivity index (χ0n) is 16.8. The maximum absolute atomic E-state index is 12.4. The number of anilines is 1. The van der Waals surface area contributed by atoms with Gasteiger partial charge in [0.05, 0.1) is 35.5 Å². The van der Waals surface area contributed by atoms with E-state index in [4.69, 9.17) is 27.2 Å². The summed E-state index contributed by atoms with van der Waals surface area (Å²) in [5.74, 6) is -1.53. The van der Waals surface area contributed by atoms with E-state index in [1.54, 1.807) is 25.7 Å². The molecule has 1 aromatic carbocycles. The number of nitrogens with zero attached hydrogens (tertiary/aromatic N) is 1. The Morgan fingerprint density at radius 3 is 2.38 bits per heavy atom. The van der Waals surface area contributed by atoms with E-state index in [2.05, 4.69) is 4.74 Å². The molecule has 0 aromatic heterocycles. The first-order chi connectivity index (χ1) is 13.2. The highest BCUT2D eigenvalue weighted by Gasteiger charge is 2.36. The van der Waals surface area contributed by atoms with Gasteiger partial charge in [0, 0.05) is 6.54 Å². The van der Waals surface area contributed by atoms with Crippen LogP contribution in [-0.4, -0.2) is 45.8 Å². The fourth-order valence-electron chi connectivity index (χ4n) is 3.18. The normalized spacial score (nSPS) is 20.3. The quantitative estimate of drug-likeness (QED) is 0.663. The van der Waals surface area contributed by atoms with Crippen molar-refractivity contribution >= 4 is 39.3 Å². The molecule has 1 saturated heterocycles. The maximum Gasteiger partial charge on any atom is 0.337 e. The summed E-state index contributed by atoms with van der Waals surface area (Å²) in [4.78, 5) is 25.4. The number of sulfonamides is 1. The van der Waals surface area contributed by atoms with E-state index >= 15 is 0 Å². The summed E-state index contributed by atoms with van der Waals surface area (Å²) in [5.41, 5.74) is 5.66. The molecule has 9 nitrogen and oxygen atoms in total. The van der Waals surface area contributed by atoms with Crippen LogP contribution in [-0.2, 0) is 24.3 Å². The average Bonchev–Trinajstić information content (AvgIpc) is 2.58. The zero-order chi connectivity index (χ0) is 22.1. The number of carbonyl (C=O) groups is 2. The van der Waals surface area contributed by atoms with Crippen LogP contribution in [0.2, 0.25) is 5.02 Å². The molecule has 1 aliphatic heterocycles. The van der Waals surface area contributed by atoms with Gasteiger partial charge < -0.3 is 20.1 Å². The van der Waals surface area contributed by atoms with Gasteiger partial charge in [0.25, 0.3) is 0 Å². The molecule has 11 heteroatoms. The summed E-state index contributed by atoms with van der Waals surface area (Å²) in [6.07, 6.45) is -0.0706. The smallest absolute Gasteiger partial charge is 0.337 e. The number of rotatable bonds is 4. The fraction of sp³-hybridized carbons (Fsp3) is 0.556. The Hall–Kier alpha value is -1.88. The summed E-state index contributed by atoms with van der Waals surface area (Å²) in [7, 11) is -3.06. The van der Waals surface area contributed by atoms with Crippen molar-refractivity contribution in [2.24, 2.45) is 16.8 Å². The van der Waals surface area contributed by atoms with Gasteiger partial charge in [0.15, 0.2) is 0 Å². The van der Waals surface area contributed by atoms with Crippen LogP contribution in [0, 0.1) is 5.92 Å². The summed E-state index contributed by atoms with van der Waals surface area (Å²) in [6.45, 7) is 5.59. The van der Waals surface area contributed by atoms with Crippen molar-refractivity contribution in [2.75, 3.05) is 18.6 Å². The van der Waals surface area contributed by atoms with Gasteiger partial charge in [-0.1, -0.05) is 11.6 Å². The van der Waals surface area contributed by atoms with Crippen LogP contribution in [0.15, 0.2) is 17.0 Å². The number of hydrogen-bond acceptors (Lipinski definition) is 8. The second-order valence-corrected chi connectivity index (χ2v) is 9.79. The minimum absolute atomic E-state index is 0.0110. The van der Waals surface area contributed by atoms with Gasteiger partial charge in [0.1, 0.15) is 10.5 Å². The topological polar surface area (TPSA) is 142 Å². The van der Waals surface area contributed by atoms with Crippen LogP contribution in [0.25, 0.3) is 0 Å². The van der Waals surface area contributed by atoms with Crippen molar-refractivity contribution in [3.05, 3.63) is 22.7 Å². The summed E-state index contributed by atoms with van der Waals surface area (Å²) in [5, 5.41) is 5.34. The standard InChI is InChI=1S/C18H26ClN3O6S/c1-18(2,3)28-17(24)10-5-6-22(14(20)9-10)15-12(19)7-11(16(23)27-4)8-13(15)29(21,25)26/h7-8,10,14H,5-6,9,20H2,1-4H3,(H2,21,25,26). The zero-order valence-corrected chi connectivity index (χ0v) is 18.3. The van der Waals surface area contributed by atoms with Crippen molar-refractivity contribution in [3.63, 3.8) is 0 Å². The van der Waals surface area contributed by atoms with Crippen molar-refractivity contribution in [2.45, 2.75) is 50.3 Å². The molecule has 2 unspecified atom stereocenters. The Bertz CT molecular complexity index is 913. The van der Waals surface area contributed by atoms with Gasteiger partial charge in [-0.15, -0.1) is 0 Å². The van der Waals surface area contributed by atoms with Crippen molar-refractivity contribution in [3.8, 4) is 0 Å². The average molecular weight is 448 g/mol. The van der Waals surface area contributed by atoms with Gasteiger partial charge in [-0.3, -0.25) is 4.79 Å². The molecule has 0 spiro atoms. The third kappa shape index (κ3) is 5.59. The van der Waals surface area contributed by atoms with Crippen LogP contribution in [0.5, 0.6) is 0 Å². The number of esters is 2. The largest absolute Gasteiger partial charge is 0.465 e. The highest BCUT2D eigenvalue weighted by Crippen LogP contribution is 2.38. The van der Waals surface area contributed by atoms with E-state index in [0.717, 1.165) is 13.2 Å². The fourth-order valence-corrected chi connectivity index (χ4v) is 4.35. The number of nitrogens with two attached hydrogens (primary N) is 2. The molecular weight excluding hydrogens is 422 g/mol. The molecule has 4 N–H and O–H groups in total. The van der Waals surface area contributed by atoms with Gasteiger partial charge in [-0.2, -0.15) is 0 Å². The first-order valence-electron chi connectivity index (χ1n) is 8.94. The van der Waals surface area contributed by atoms with E-state index in [1.807, 2.05) is 0 Å². The molecule has 162 valence electrons. The highest BCUT2D eigenvalue weighted by molar-refractivity contribution is 7.89. The lowest BCUT2D eigenvalue weighted by molar-refractivity contribution is -0.161. The Morgan fingerprint density at radius 2 is 1.90 bits per heavy atom. The van der Waals surface area contributed by atoms with Crippen molar-refractivity contribution < 1.29 is 27.5 Å². The van der Waals surface area contributed by atoms with Gasteiger partial charge in [-0.05, 0) is 45.7 Å². The van der Waals surface area contributed by atoms with E-state index in [1.165, 1.54) is 6.07 Å². The lowest BCUT2D eigenvalue weighted by atomic mass is 9.93. The predicted octanol–water partition coefficient (Wildman–Crippen LogP) is 1.62. The SMILES string of the molecule is COC(=O)c1cc(Cl)c(N2CCC(C(=O)OC(C)(C)C)CC2N)c(S(N)(=O)=O)c1.